The zero-order valence-electron chi connectivity index (χ0n) is 24.3. The maximum atomic E-state index is 12.2. The van der Waals surface area contributed by atoms with Gasteiger partial charge in [-0.15, -0.1) is 11.6 Å². The van der Waals surface area contributed by atoms with E-state index in [-0.39, 0.29) is 12.0 Å². The molecule has 9 nitrogen and oxygen atoms in total. The Morgan fingerprint density at radius 3 is 2.10 bits per heavy atom. The van der Waals surface area contributed by atoms with Gasteiger partial charge < -0.3 is 24.8 Å². The second kappa shape index (κ2) is 17.2. The van der Waals surface area contributed by atoms with Gasteiger partial charge in [0.25, 0.3) is 5.91 Å². The summed E-state index contributed by atoms with van der Waals surface area (Å²) in [5, 5.41) is 5.63. The van der Waals surface area contributed by atoms with E-state index < -0.39 is 23.6 Å². The fourth-order valence-electron chi connectivity index (χ4n) is 3.61. The number of para-hydroxylation sites is 1. The minimum atomic E-state index is -0.723. The number of ketones is 1. The number of anilines is 2. The van der Waals surface area contributed by atoms with Crippen LogP contribution in [0, 0.1) is 6.92 Å². The summed E-state index contributed by atoms with van der Waals surface area (Å²) >= 11 is 5.83. The normalized spacial score (nSPS) is 9.86. The molecule has 0 spiro atoms. The number of aryl methyl sites for hydroxylation is 1. The third-order valence-electron chi connectivity index (χ3n) is 5.90. The molecule has 0 aliphatic heterocycles. The van der Waals surface area contributed by atoms with Crippen molar-refractivity contribution in [2.75, 3.05) is 38.5 Å². The number of nitrogens with one attached hydrogen (secondary N) is 2. The summed E-state index contributed by atoms with van der Waals surface area (Å²) in [6, 6.07) is 20.0. The molecule has 222 valence electrons. The van der Waals surface area contributed by atoms with E-state index >= 15 is 0 Å². The molecule has 0 unspecified atom stereocenters. The van der Waals surface area contributed by atoms with E-state index in [1.54, 1.807) is 37.4 Å². The summed E-state index contributed by atoms with van der Waals surface area (Å²) in [6.07, 6.45) is 1.41. The number of rotatable bonds is 11. The molecule has 3 aromatic carbocycles. The molecule has 0 saturated carbocycles. The number of methoxy groups -OCH3 is 2. The molecule has 0 aliphatic carbocycles. The van der Waals surface area contributed by atoms with Gasteiger partial charge >= 0.3 is 11.9 Å². The first-order valence-corrected chi connectivity index (χ1v) is 13.6. The summed E-state index contributed by atoms with van der Waals surface area (Å²) < 4.78 is 14.6. The minimum absolute atomic E-state index is 0.0182. The Morgan fingerprint density at radius 2 is 1.55 bits per heavy atom. The molecule has 10 heteroatoms. The lowest BCUT2D eigenvalue weighted by atomic mass is 10.0. The average molecular weight is 595 g/mol. The fourth-order valence-corrected chi connectivity index (χ4v) is 3.78. The van der Waals surface area contributed by atoms with Gasteiger partial charge in [-0.25, -0.2) is 9.59 Å². The minimum Gasteiger partial charge on any atom is -0.494 e. The van der Waals surface area contributed by atoms with Gasteiger partial charge in [-0.1, -0.05) is 42.5 Å². The maximum Gasteiger partial charge on any atom is 0.345 e. The van der Waals surface area contributed by atoms with Crippen LogP contribution in [0.1, 0.15) is 29.2 Å². The van der Waals surface area contributed by atoms with Crippen molar-refractivity contribution in [3.8, 4) is 5.75 Å². The molecule has 2 N–H and O–H groups in total. The van der Waals surface area contributed by atoms with E-state index in [0.717, 1.165) is 16.8 Å². The molecule has 0 aliphatic rings. The summed E-state index contributed by atoms with van der Waals surface area (Å²) in [4.78, 5) is 47.3. The van der Waals surface area contributed by atoms with Gasteiger partial charge in [-0.05, 0) is 60.9 Å². The van der Waals surface area contributed by atoms with Gasteiger partial charge in [0.05, 0.1) is 20.8 Å². The third kappa shape index (κ3) is 10.1. The van der Waals surface area contributed by atoms with Crippen molar-refractivity contribution in [2.24, 2.45) is 0 Å². The first-order valence-electron chi connectivity index (χ1n) is 13.0. The SMILES string of the molecule is CCOc1cc(CCl)ccc1CC(=O)C(=O)Nc1ccccc1C.CNc1ccc(C=C(C(=O)OC)C(=O)OC)cc1. The van der Waals surface area contributed by atoms with Crippen molar-refractivity contribution < 1.29 is 33.4 Å². The monoisotopic (exact) mass is 594 g/mol. The molecule has 0 saturated heterocycles. The molecule has 0 aromatic heterocycles. The van der Waals surface area contributed by atoms with Crippen LogP contribution in [0.2, 0.25) is 0 Å². The van der Waals surface area contributed by atoms with Crippen molar-refractivity contribution in [1.82, 2.24) is 0 Å². The van der Waals surface area contributed by atoms with Crippen LogP contribution in [0.25, 0.3) is 6.08 Å². The van der Waals surface area contributed by atoms with Gasteiger partial charge in [0, 0.05) is 36.3 Å². The van der Waals surface area contributed by atoms with Crippen LogP contribution in [0.4, 0.5) is 11.4 Å². The molecule has 1 amide bonds. The summed E-state index contributed by atoms with van der Waals surface area (Å²) in [7, 11) is 4.23. The molecule has 42 heavy (non-hydrogen) atoms. The number of Topliss-reactive ketones (excluding diaryl/α,β-unsaturated/α-hetero) is 1. The Hall–Kier alpha value is -4.63. The zero-order chi connectivity index (χ0) is 31.1. The van der Waals surface area contributed by atoms with E-state index in [2.05, 4.69) is 20.1 Å². The molecule has 0 atom stereocenters. The van der Waals surface area contributed by atoms with E-state index in [1.807, 2.05) is 50.2 Å². The van der Waals surface area contributed by atoms with Crippen LogP contribution in [0.3, 0.4) is 0 Å². The van der Waals surface area contributed by atoms with Gasteiger partial charge in [0.2, 0.25) is 5.78 Å². The number of carbonyl (C=O) groups excluding carboxylic acids is 4. The second-order valence-corrected chi connectivity index (χ2v) is 9.06. The fraction of sp³-hybridized carbons (Fsp3) is 0.250. The predicted molar refractivity (Wildman–Crippen MR) is 164 cm³/mol. The number of benzene rings is 3. The maximum absolute atomic E-state index is 12.2. The third-order valence-corrected chi connectivity index (χ3v) is 6.21. The number of amides is 1. The average Bonchev–Trinajstić information content (AvgIpc) is 3.01. The molecule has 0 heterocycles. The Kier molecular flexibility index (Phi) is 13.8. The number of hydrogen-bond donors (Lipinski definition) is 2. The second-order valence-electron chi connectivity index (χ2n) is 8.79. The van der Waals surface area contributed by atoms with Gasteiger partial charge in [0.1, 0.15) is 11.3 Å². The molecule has 0 radical (unpaired) electrons. The van der Waals surface area contributed by atoms with Crippen LogP contribution >= 0.6 is 11.6 Å². The highest BCUT2D eigenvalue weighted by Crippen LogP contribution is 2.23. The Balaban J connectivity index is 0.000000307. The largest absolute Gasteiger partial charge is 0.494 e. The quantitative estimate of drug-likeness (QED) is 0.0762. The molecule has 3 rings (SSSR count). The number of halogens is 1. The van der Waals surface area contributed by atoms with Crippen LogP contribution in [-0.4, -0.2) is 51.5 Å². The van der Waals surface area contributed by atoms with Gasteiger partial charge in [0.15, 0.2) is 0 Å². The first kappa shape index (κ1) is 33.6. The van der Waals surface area contributed by atoms with Gasteiger partial charge in [-0.2, -0.15) is 0 Å². The lowest BCUT2D eigenvalue weighted by Gasteiger charge is -2.12. The standard InChI is InChI=1S/C19H20ClNO3.C13H15NO4/c1-3-24-18-10-14(12-20)8-9-15(18)11-17(22)19(23)21-16-7-5-4-6-13(16)2;1-14-10-6-4-9(5-7-10)8-11(12(15)17-2)13(16)18-3/h4-10H,3,11-12H2,1-2H3,(H,21,23);4-8,14H,1-3H3. The highest BCUT2D eigenvalue weighted by atomic mass is 35.5. The summed E-state index contributed by atoms with van der Waals surface area (Å²) in [5.41, 5.74) is 4.62. The number of hydrogen-bond acceptors (Lipinski definition) is 8. The van der Waals surface area contributed by atoms with E-state index in [0.29, 0.717) is 35.1 Å². The highest BCUT2D eigenvalue weighted by Gasteiger charge is 2.20. The lowest BCUT2D eigenvalue weighted by Crippen LogP contribution is -2.25. The van der Waals surface area contributed by atoms with Crippen molar-refractivity contribution in [2.45, 2.75) is 26.1 Å². The summed E-state index contributed by atoms with van der Waals surface area (Å²) in [5.74, 6) is -1.64. The van der Waals surface area contributed by atoms with Crippen molar-refractivity contribution in [3.05, 3.63) is 94.6 Å². The predicted octanol–water partition coefficient (Wildman–Crippen LogP) is 5.34. The van der Waals surface area contributed by atoms with Crippen LogP contribution < -0.4 is 15.4 Å². The van der Waals surface area contributed by atoms with Crippen molar-refractivity contribution in [3.63, 3.8) is 0 Å². The Morgan fingerprint density at radius 1 is 0.905 bits per heavy atom. The van der Waals surface area contributed by atoms with E-state index in [4.69, 9.17) is 16.3 Å². The van der Waals surface area contributed by atoms with Crippen LogP contribution in [-0.2, 0) is 41.0 Å². The summed E-state index contributed by atoms with van der Waals surface area (Å²) in [6.45, 7) is 4.21. The number of carbonyl (C=O) groups is 4. The van der Waals surface area contributed by atoms with Crippen molar-refractivity contribution in [1.29, 1.82) is 0 Å². The number of ether oxygens (including phenoxy) is 3. The number of esters is 2. The Bertz CT molecular complexity index is 1400. The lowest BCUT2D eigenvalue weighted by molar-refractivity contribution is -0.143. The van der Waals surface area contributed by atoms with Crippen molar-refractivity contribution >= 4 is 52.7 Å². The van der Waals surface area contributed by atoms with E-state index in [9.17, 15) is 19.2 Å². The smallest absolute Gasteiger partial charge is 0.345 e. The van der Waals surface area contributed by atoms with E-state index in [1.165, 1.54) is 20.3 Å². The molecule has 0 bridgehead atoms. The van der Waals surface area contributed by atoms with Crippen LogP contribution in [0.15, 0.2) is 72.3 Å². The molecule has 3 aromatic rings. The highest BCUT2D eigenvalue weighted by molar-refractivity contribution is 6.41. The van der Waals surface area contributed by atoms with Gasteiger partial charge in [-0.3, -0.25) is 9.59 Å². The first-order chi connectivity index (χ1) is 20.2. The Labute approximate surface area is 250 Å². The molecule has 0 fully saturated rings. The number of alkyl halides is 1. The molecular weight excluding hydrogens is 560 g/mol. The zero-order valence-corrected chi connectivity index (χ0v) is 25.0. The van der Waals surface area contributed by atoms with Crippen LogP contribution in [0.5, 0.6) is 5.75 Å². The molecular formula is C32H35ClN2O7. The topological polar surface area (TPSA) is 120 Å².